The van der Waals surface area contributed by atoms with Gasteiger partial charge in [-0.05, 0) is 24.3 Å². The molecule has 2 unspecified atom stereocenters. The quantitative estimate of drug-likeness (QED) is 0.608. The van der Waals surface area contributed by atoms with Gasteiger partial charge in [-0.25, -0.2) is 9.18 Å². The highest BCUT2D eigenvalue weighted by molar-refractivity contribution is 5.89. The predicted molar refractivity (Wildman–Crippen MR) is 62.0 cm³/mol. The first-order valence-electron chi connectivity index (χ1n) is 5.87. The van der Waals surface area contributed by atoms with Gasteiger partial charge in [0.2, 0.25) is 0 Å². The van der Waals surface area contributed by atoms with Crippen LogP contribution in [0.4, 0.5) is 17.6 Å². The van der Waals surface area contributed by atoms with Gasteiger partial charge in [0, 0.05) is 0 Å². The average molecular weight is 289 g/mol. The SMILES string of the molecule is CCOC(=O)C1(F)C=c2ccccc2=NC1C(F)(F)F. The first kappa shape index (κ1) is 14.5. The molecule has 0 amide bonds. The van der Waals surface area contributed by atoms with Crippen LogP contribution in [0.3, 0.4) is 0 Å². The van der Waals surface area contributed by atoms with Crippen LogP contribution in [0.5, 0.6) is 0 Å². The lowest BCUT2D eigenvalue weighted by Crippen LogP contribution is -2.56. The van der Waals surface area contributed by atoms with Crippen LogP contribution in [0.25, 0.3) is 6.08 Å². The maximum atomic E-state index is 14.6. The van der Waals surface area contributed by atoms with Crippen LogP contribution in [0.1, 0.15) is 6.92 Å². The Morgan fingerprint density at radius 2 is 2.05 bits per heavy atom. The van der Waals surface area contributed by atoms with Crippen LogP contribution in [0.15, 0.2) is 29.3 Å². The van der Waals surface area contributed by atoms with Crippen LogP contribution in [0, 0.1) is 0 Å². The molecule has 1 aliphatic heterocycles. The molecule has 108 valence electrons. The van der Waals surface area contributed by atoms with Gasteiger partial charge in [0.25, 0.3) is 5.67 Å². The van der Waals surface area contributed by atoms with Crippen molar-refractivity contribution >= 4 is 12.0 Å². The highest BCUT2D eigenvalue weighted by Crippen LogP contribution is 2.36. The molecule has 0 aliphatic carbocycles. The molecule has 7 heteroatoms. The Morgan fingerprint density at radius 3 is 2.65 bits per heavy atom. The standard InChI is InChI=1S/C13H11F4NO2/c1-2-20-11(19)12(14)7-8-5-3-4-6-9(8)18-10(12)13(15,16)17/h3-7,10H,2H2,1H3. The molecule has 0 N–H and O–H groups in total. The van der Waals surface area contributed by atoms with Crippen molar-refractivity contribution < 1.29 is 27.1 Å². The van der Waals surface area contributed by atoms with E-state index >= 15 is 0 Å². The van der Waals surface area contributed by atoms with Gasteiger partial charge in [-0.1, -0.05) is 18.2 Å². The topological polar surface area (TPSA) is 38.7 Å². The number of nitrogens with zero attached hydrogens (tertiary/aromatic N) is 1. The van der Waals surface area contributed by atoms with Crippen LogP contribution in [-0.2, 0) is 9.53 Å². The molecule has 1 aromatic rings. The fraction of sp³-hybridized carbons (Fsp3) is 0.385. The van der Waals surface area contributed by atoms with Crippen molar-refractivity contribution in [1.82, 2.24) is 0 Å². The third kappa shape index (κ3) is 2.39. The second-order valence-electron chi connectivity index (χ2n) is 4.26. The summed E-state index contributed by atoms with van der Waals surface area (Å²) in [4.78, 5) is 14.9. The van der Waals surface area contributed by atoms with E-state index in [4.69, 9.17) is 0 Å². The monoisotopic (exact) mass is 289 g/mol. The number of alkyl halides is 4. The predicted octanol–water partition coefficient (Wildman–Crippen LogP) is 1.30. The van der Waals surface area contributed by atoms with Gasteiger partial charge in [-0.15, -0.1) is 0 Å². The summed E-state index contributed by atoms with van der Waals surface area (Å²) in [5.74, 6) is -1.58. The zero-order valence-corrected chi connectivity index (χ0v) is 10.4. The van der Waals surface area contributed by atoms with Gasteiger partial charge in [-0.2, -0.15) is 13.2 Å². The summed E-state index contributed by atoms with van der Waals surface area (Å²) in [5, 5.41) is 0.121. The Labute approximate surface area is 111 Å². The van der Waals surface area contributed by atoms with E-state index in [2.05, 4.69) is 9.73 Å². The summed E-state index contributed by atoms with van der Waals surface area (Å²) in [6.07, 6.45) is -4.36. The smallest absolute Gasteiger partial charge is 0.414 e. The normalized spacial score (nSPS) is 25.1. The fourth-order valence-corrected chi connectivity index (χ4v) is 1.99. The Balaban J connectivity index is 2.65. The van der Waals surface area contributed by atoms with Crippen molar-refractivity contribution in [1.29, 1.82) is 0 Å². The number of rotatable bonds is 2. The van der Waals surface area contributed by atoms with Crippen LogP contribution >= 0.6 is 0 Å². The molecule has 1 heterocycles. The minimum absolute atomic E-state index is 0.00704. The van der Waals surface area contributed by atoms with Gasteiger partial charge >= 0.3 is 12.1 Å². The number of benzene rings is 1. The maximum Gasteiger partial charge on any atom is 0.414 e. The number of para-hydroxylation sites is 1. The van der Waals surface area contributed by atoms with Crippen molar-refractivity contribution in [2.75, 3.05) is 6.61 Å². The van der Waals surface area contributed by atoms with E-state index in [-0.39, 0.29) is 17.2 Å². The number of halogens is 4. The molecule has 2 atom stereocenters. The van der Waals surface area contributed by atoms with Gasteiger partial charge in [0.1, 0.15) is 0 Å². The molecule has 0 spiro atoms. The van der Waals surface area contributed by atoms with Crippen molar-refractivity contribution in [2.24, 2.45) is 4.99 Å². The van der Waals surface area contributed by atoms with Gasteiger partial charge in [0.15, 0.2) is 6.04 Å². The Hall–Kier alpha value is -1.92. The van der Waals surface area contributed by atoms with E-state index in [1.54, 1.807) is 0 Å². The van der Waals surface area contributed by atoms with Crippen molar-refractivity contribution in [2.45, 2.75) is 24.8 Å². The number of carbonyl (C=O) groups is 1. The summed E-state index contributed by atoms with van der Waals surface area (Å²) in [5.41, 5.74) is -3.34. The first-order valence-corrected chi connectivity index (χ1v) is 5.87. The lowest BCUT2D eigenvalue weighted by atomic mass is 9.92. The maximum absolute atomic E-state index is 14.6. The minimum atomic E-state index is -4.99. The zero-order chi connectivity index (χ0) is 15.0. The van der Waals surface area contributed by atoms with Crippen LogP contribution in [-0.4, -0.2) is 30.5 Å². The van der Waals surface area contributed by atoms with Crippen molar-refractivity contribution in [3.63, 3.8) is 0 Å². The summed E-state index contributed by atoms with van der Waals surface area (Å²) in [6, 6.07) is 2.92. The summed E-state index contributed by atoms with van der Waals surface area (Å²) >= 11 is 0. The molecule has 1 aromatic carbocycles. The van der Waals surface area contributed by atoms with E-state index in [0.29, 0.717) is 6.08 Å². The second-order valence-corrected chi connectivity index (χ2v) is 4.26. The van der Waals surface area contributed by atoms with E-state index in [1.165, 1.54) is 31.2 Å². The van der Waals surface area contributed by atoms with Gasteiger partial charge < -0.3 is 4.74 Å². The number of fused-ring (bicyclic) bond motifs is 1. The molecule has 20 heavy (non-hydrogen) atoms. The molecular formula is C13H11F4NO2. The fourth-order valence-electron chi connectivity index (χ4n) is 1.99. The van der Waals surface area contributed by atoms with Gasteiger partial charge in [0.05, 0.1) is 12.0 Å². The third-order valence-corrected chi connectivity index (χ3v) is 2.87. The molecule has 0 saturated carbocycles. The van der Waals surface area contributed by atoms with Crippen LogP contribution < -0.4 is 10.6 Å². The molecule has 1 aliphatic rings. The van der Waals surface area contributed by atoms with Crippen molar-refractivity contribution in [3.05, 3.63) is 34.8 Å². The van der Waals surface area contributed by atoms with Crippen LogP contribution in [0.2, 0.25) is 0 Å². The highest BCUT2D eigenvalue weighted by atomic mass is 19.4. The summed E-state index contributed by atoms with van der Waals surface area (Å²) < 4.78 is 58.0. The average Bonchev–Trinajstić information content (AvgIpc) is 2.37. The summed E-state index contributed by atoms with van der Waals surface area (Å²) in [6.45, 7) is 1.17. The Kier molecular flexibility index (Phi) is 3.54. The Morgan fingerprint density at radius 1 is 1.40 bits per heavy atom. The number of carbonyl (C=O) groups excluding carboxylic acids is 1. The highest BCUT2D eigenvalue weighted by Gasteiger charge is 2.59. The number of hydrogen-bond donors (Lipinski definition) is 0. The van der Waals surface area contributed by atoms with E-state index < -0.39 is 23.9 Å². The lowest BCUT2D eigenvalue weighted by Gasteiger charge is -2.29. The van der Waals surface area contributed by atoms with Gasteiger partial charge in [-0.3, -0.25) is 4.99 Å². The van der Waals surface area contributed by atoms with Crippen molar-refractivity contribution in [3.8, 4) is 0 Å². The lowest BCUT2D eigenvalue weighted by molar-refractivity contribution is -0.186. The van der Waals surface area contributed by atoms with E-state index in [1.807, 2.05) is 0 Å². The number of esters is 1. The molecule has 0 fully saturated rings. The first-order chi connectivity index (χ1) is 9.29. The second kappa shape index (κ2) is 4.88. The summed E-state index contributed by atoms with van der Waals surface area (Å²) in [7, 11) is 0. The van der Waals surface area contributed by atoms with E-state index in [0.717, 1.165) is 0 Å². The minimum Gasteiger partial charge on any atom is -0.463 e. The molecule has 0 saturated heterocycles. The number of hydrogen-bond acceptors (Lipinski definition) is 3. The third-order valence-electron chi connectivity index (χ3n) is 2.87. The zero-order valence-electron chi connectivity index (χ0n) is 10.4. The molecule has 3 nitrogen and oxygen atoms in total. The molecule has 0 bridgehead atoms. The molecular weight excluding hydrogens is 278 g/mol. The molecule has 0 radical (unpaired) electrons. The Bertz CT molecular complexity index is 641. The largest absolute Gasteiger partial charge is 0.463 e. The molecule has 2 rings (SSSR count). The number of ether oxygens (including phenoxy) is 1. The molecule has 0 aromatic heterocycles. The van der Waals surface area contributed by atoms with E-state index in [9.17, 15) is 22.4 Å².